The average molecular weight is 719 g/mol. The highest BCUT2D eigenvalue weighted by molar-refractivity contribution is 6.18. The second-order valence-electron chi connectivity index (χ2n) is 13.8. The largest absolute Gasteiger partial charge is 0.454 e. The van der Waals surface area contributed by atoms with Crippen LogP contribution < -0.4 is 0 Å². The number of rotatable bonds is 6. The molecule has 0 saturated heterocycles. The van der Waals surface area contributed by atoms with Crippen LogP contribution in [0, 0.1) is 0 Å². The summed E-state index contributed by atoms with van der Waals surface area (Å²) in [7, 11) is 0. The van der Waals surface area contributed by atoms with Gasteiger partial charge in [0.15, 0.2) is 28.6 Å². The molecule has 11 aromatic rings. The molecule has 0 aliphatic rings. The van der Waals surface area contributed by atoms with Gasteiger partial charge in [-0.05, 0) is 64.2 Å². The molecule has 4 aromatic heterocycles. The molecule has 0 atom stereocenters. The molecule has 0 unspecified atom stereocenters. The average Bonchev–Trinajstić information content (AvgIpc) is 3.84. The molecule has 6 nitrogen and oxygen atoms in total. The number of hydrogen-bond acceptors (Lipinski definition) is 6. The van der Waals surface area contributed by atoms with Crippen LogP contribution in [0.4, 0.5) is 0 Å². The predicted octanol–water partition coefficient (Wildman–Crippen LogP) is 13.1. The predicted molar refractivity (Wildman–Crippen MR) is 225 cm³/mol. The zero-order valence-electron chi connectivity index (χ0n) is 29.9. The molecule has 0 bridgehead atoms. The number of nitrogens with zero attached hydrogens (tertiary/aromatic N) is 4. The maximum atomic E-state index is 6.51. The lowest BCUT2D eigenvalue weighted by molar-refractivity contribution is 0.657. The fourth-order valence-corrected chi connectivity index (χ4v) is 7.64. The summed E-state index contributed by atoms with van der Waals surface area (Å²) in [5, 5.41) is 1.96. The first-order valence-electron chi connectivity index (χ1n) is 18.6. The fraction of sp³-hybridized carbons (Fsp3) is 0. The minimum absolute atomic E-state index is 0.612. The zero-order valence-corrected chi connectivity index (χ0v) is 29.9. The molecule has 0 aliphatic carbocycles. The SMILES string of the molecule is c1ccc(-c2nc(-c3ccccc3)nc(-c3ccc(-c4ccc(-c5c6oc7ccccc7c6nc6c5oc5ccccc56)cc4)cc3-c3ccccc3)n2)cc1. The second-order valence-corrected chi connectivity index (χ2v) is 13.8. The minimum Gasteiger partial charge on any atom is -0.454 e. The quantitative estimate of drug-likeness (QED) is 0.170. The van der Waals surface area contributed by atoms with Crippen LogP contribution in [0.1, 0.15) is 0 Å². The molecule has 0 N–H and O–H groups in total. The van der Waals surface area contributed by atoms with E-state index in [2.05, 4.69) is 78.9 Å². The van der Waals surface area contributed by atoms with Crippen LogP contribution in [0.15, 0.2) is 191 Å². The van der Waals surface area contributed by atoms with Crippen LogP contribution in [0.5, 0.6) is 0 Å². The molecule has 0 fully saturated rings. The van der Waals surface area contributed by atoms with E-state index in [1.54, 1.807) is 0 Å². The summed E-state index contributed by atoms with van der Waals surface area (Å²) in [5.41, 5.74) is 13.6. The van der Waals surface area contributed by atoms with Gasteiger partial charge in [0.1, 0.15) is 22.2 Å². The molecule has 0 saturated carbocycles. The summed E-state index contributed by atoms with van der Waals surface area (Å²) >= 11 is 0. The van der Waals surface area contributed by atoms with Crippen molar-refractivity contribution >= 4 is 44.1 Å². The second kappa shape index (κ2) is 13.0. The minimum atomic E-state index is 0.612. The summed E-state index contributed by atoms with van der Waals surface area (Å²) in [5.74, 6) is 1.86. The van der Waals surface area contributed by atoms with E-state index in [-0.39, 0.29) is 0 Å². The van der Waals surface area contributed by atoms with Crippen LogP contribution in [0.25, 0.3) is 112 Å². The first kappa shape index (κ1) is 31.8. The van der Waals surface area contributed by atoms with E-state index in [0.29, 0.717) is 28.6 Å². The summed E-state index contributed by atoms with van der Waals surface area (Å²) in [6.07, 6.45) is 0. The summed E-state index contributed by atoms with van der Waals surface area (Å²) in [6.45, 7) is 0. The zero-order chi connectivity index (χ0) is 37.0. The molecule has 0 radical (unpaired) electrons. The van der Waals surface area contributed by atoms with Gasteiger partial charge in [-0.15, -0.1) is 0 Å². The highest BCUT2D eigenvalue weighted by Gasteiger charge is 2.23. The highest BCUT2D eigenvalue weighted by atomic mass is 16.3. The normalized spacial score (nSPS) is 11.6. The van der Waals surface area contributed by atoms with Crippen molar-refractivity contribution in [3.8, 4) is 67.5 Å². The van der Waals surface area contributed by atoms with E-state index in [1.807, 2.05) is 103 Å². The lowest BCUT2D eigenvalue weighted by Crippen LogP contribution is -2.01. The van der Waals surface area contributed by atoms with E-state index >= 15 is 0 Å². The van der Waals surface area contributed by atoms with Crippen LogP contribution in [0.3, 0.4) is 0 Å². The maximum Gasteiger partial charge on any atom is 0.165 e. The van der Waals surface area contributed by atoms with Crippen molar-refractivity contribution in [3.05, 3.63) is 182 Å². The van der Waals surface area contributed by atoms with E-state index in [4.69, 9.17) is 28.8 Å². The van der Waals surface area contributed by atoms with Gasteiger partial charge < -0.3 is 8.83 Å². The Bertz CT molecular complexity index is 3080. The monoisotopic (exact) mass is 718 g/mol. The molecule has 56 heavy (non-hydrogen) atoms. The van der Waals surface area contributed by atoms with E-state index in [9.17, 15) is 0 Å². The maximum absolute atomic E-state index is 6.51. The van der Waals surface area contributed by atoms with Crippen LogP contribution in [-0.2, 0) is 0 Å². The Hall–Kier alpha value is -7.70. The van der Waals surface area contributed by atoms with Crippen molar-refractivity contribution in [2.75, 3.05) is 0 Å². The Morgan fingerprint density at radius 2 is 0.750 bits per heavy atom. The Morgan fingerprint density at radius 1 is 0.304 bits per heavy atom. The Morgan fingerprint density at radius 3 is 1.30 bits per heavy atom. The summed E-state index contributed by atoms with van der Waals surface area (Å²) < 4.78 is 13.0. The first-order valence-corrected chi connectivity index (χ1v) is 18.6. The molecule has 11 rings (SSSR count). The fourth-order valence-electron chi connectivity index (χ4n) is 7.64. The summed E-state index contributed by atoms with van der Waals surface area (Å²) in [4.78, 5) is 20.2. The third kappa shape index (κ3) is 5.35. The Labute approximate surface area is 321 Å². The molecule has 0 aliphatic heterocycles. The molecule has 262 valence electrons. The van der Waals surface area contributed by atoms with Crippen molar-refractivity contribution in [2.24, 2.45) is 0 Å². The highest BCUT2D eigenvalue weighted by Crippen LogP contribution is 2.43. The number of para-hydroxylation sites is 2. The third-order valence-electron chi connectivity index (χ3n) is 10.4. The van der Waals surface area contributed by atoms with Crippen LogP contribution >= 0.6 is 0 Å². The lowest BCUT2D eigenvalue weighted by Gasteiger charge is -2.14. The molecule has 0 spiro atoms. The smallest absolute Gasteiger partial charge is 0.165 e. The molecule has 4 heterocycles. The molecule has 6 heteroatoms. The number of fused-ring (bicyclic) bond motifs is 6. The van der Waals surface area contributed by atoms with Gasteiger partial charge in [-0.1, -0.05) is 146 Å². The van der Waals surface area contributed by atoms with E-state index in [0.717, 1.165) is 83.0 Å². The van der Waals surface area contributed by atoms with Crippen molar-refractivity contribution < 1.29 is 8.83 Å². The van der Waals surface area contributed by atoms with Crippen molar-refractivity contribution in [2.45, 2.75) is 0 Å². The molecule has 7 aromatic carbocycles. The van der Waals surface area contributed by atoms with Crippen molar-refractivity contribution in [3.63, 3.8) is 0 Å². The van der Waals surface area contributed by atoms with Gasteiger partial charge in [-0.3, -0.25) is 0 Å². The molecule has 0 amide bonds. The van der Waals surface area contributed by atoms with Crippen LogP contribution in [0.2, 0.25) is 0 Å². The Kier molecular flexibility index (Phi) is 7.38. The number of benzene rings is 7. The third-order valence-corrected chi connectivity index (χ3v) is 10.4. The lowest BCUT2D eigenvalue weighted by atomic mass is 9.93. The van der Waals surface area contributed by atoms with Gasteiger partial charge >= 0.3 is 0 Å². The van der Waals surface area contributed by atoms with Gasteiger partial charge in [0.2, 0.25) is 0 Å². The topological polar surface area (TPSA) is 77.8 Å². The van der Waals surface area contributed by atoms with Crippen LogP contribution in [-0.4, -0.2) is 19.9 Å². The first-order chi connectivity index (χ1) is 27.7. The van der Waals surface area contributed by atoms with Gasteiger partial charge in [-0.25, -0.2) is 19.9 Å². The molecular formula is C50H30N4O2. The van der Waals surface area contributed by atoms with Gasteiger partial charge in [-0.2, -0.15) is 0 Å². The van der Waals surface area contributed by atoms with E-state index in [1.165, 1.54) is 0 Å². The van der Waals surface area contributed by atoms with Crippen molar-refractivity contribution in [1.29, 1.82) is 0 Å². The number of aromatic nitrogens is 4. The standard InChI is InChI=1S/C50H30N4O2/c1-4-14-32(15-5-1)40-30-36(28-29-37(40)50-53-48(34-16-6-2-7-17-34)52-49(54-50)35-18-8-3-9-19-35)31-24-26-33(27-25-31)43-46-44(38-20-10-12-22-41(38)55-46)51-45-39-21-11-13-23-42(39)56-47(43)45/h1-30H. The summed E-state index contributed by atoms with van der Waals surface area (Å²) in [6, 6.07) is 61.8. The van der Waals surface area contributed by atoms with Gasteiger partial charge in [0.25, 0.3) is 0 Å². The number of hydrogen-bond donors (Lipinski definition) is 0. The Balaban J connectivity index is 1.06. The number of pyridine rings is 1. The van der Waals surface area contributed by atoms with Gasteiger partial charge in [0, 0.05) is 27.5 Å². The van der Waals surface area contributed by atoms with Gasteiger partial charge in [0.05, 0.1) is 5.56 Å². The van der Waals surface area contributed by atoms with E-state index < -0.39 is 0 Å². The van der Waals surface area contributed by atoms with Crippen molar-refractivity contribution in [1.82, 2.24) is 19.9 Å². The number of furan rings is 2. The molecular weight excluding hydrogens is 689 g/mol.